The number of nitrogens with one attached hydrogen (secondary N) is 1. The third-order valence-electron chi connectivity index (χ3n) is 2.75. The van der Waals surface area contributed by atoms with Gasteiger partial charge in [-0.25, -0.2) is 0 Å². The fourth-order valence-corrected chi connectivity index (χ4v) is 1.19. The Morgan fingerprint density at radius 1 is 1.50 bits per heavy atom. The van der Waals surface area contributed by atoms with Crippen molar-refractivity contribution in [3.63, 3.8) is 0 Å². The largest absolute Gasteiger partial charge is 0.379 e. The molecule has 1 heterocycles. The summed E-state index contributed by atoms with van der Waals surface area (Å²) in [5, 5.41) is 13.8. The number of hydrogen-bond acceptors (Lipinski definition) is 4. The fraction of sp³-hybridized carbons (Fsp3) is 0.545. The monoisotopic (exact) mass is 223 g/mol. The zero-order valence-corrected chi connectivity index (χ0v) is 9.80. The first-order valence-electron chi connectivity index (χ1n) is 5.34. The van der Waals surface area contributed by atoms with Gasteiger partial charge in [-0.2, -0.15) is 0 Å². The molecule has 0 aliphatic carbocycles. The van der Waals surface area contributed by atoms with Crippen molar-refractivity contribution in [1.82, 2.24) is 4.98 Å². The van der Waals surface area contributed by atoms with Crippen LogP contribution in [0.2, 0.25) is 0 Å². The fourth-order valence-electron chi connectivity index (χ4n) is 1.19. The Labute approximate surface area is 95.0 Å². The molecule has 0 spiro atoms. The molecule has 0 radical (unpaired) electrons. The van der Waals surface area contributed by atoms with Gasteiger partial charge >= 0.3 is 5.69 Å². The predicted molar refractivity (Wildman–Crippen MR) is 63.4 cm³/mol. The van der Waals surface area contributed by atoms with E-state index in [4.69, 9.17) is 0 Å². The van der Waals surface area contributed by atoms with E-state index in [2.05, 4.69) is 31.1 Å². The van der Waals surface area contributed by atoms with Gasteiger partial charge in [0.05, 0.1) is 4.92 Å². The van der Waals surface area contributed by atoms with Gasteiger partial charge in [0.15, 0.2) is 0 Å². The molecule has 0 aliphatic heterocycles. The van der Waals surface area contributed by atoms with Crippen molar-refractivity contribution in [2.75, 3.05) is 11.9 Å². The van der Waals surface area contributed by atoms with Crippen molar-refractivity contribution in [2.24, 2.45) is 11.8 Å². The van der Waals surface area contributed by atoms with Gasteiger partial charge in [0.2, 0.25) is 0 Å². The van der Waals surface area contributed by atoms with Gasteiger partial charge in [0, 0.05) is 12.7 Å². The highest BCUT2D eigenvalue weighted by Crippen LogP contribution is 2.22. The molecule has 0 amide bonds. The first-order chi connectivity index (χ1) is 7.52. The molecular formula is C11H17N3O2. The zero-order valence-electron chi connectivity index (χ0n) is 9.80. The van der Waals surface area contributed by atoms with Crippen LogP contribution in [0.15, 0.2) is 18.5 Å². The van der Waals surface area contributed by atoms with Crippen LogP contribution in [0.1, 0.15) is 20.8 Å². The summed E-state index contributed by atoms with van der Waals surface area (Å²) in [5.74, 6) is 1.01. The van der Waals surface area contributed by atoms with Crippen LogP contribution < -0.4 is 5.32 Å². The number of nitrogens with zero attached hydrogens (tertiary/aromatic N) is 2. The Hall–Kier alpha value is -1.65. The maximum absolute atomic E-state index is 10.7. The van der Waals surface area contributed by atoms with E-state index in [1.54, 1.807) is 12.3 Å². The number of rotatable bonds is 5. The van der Waals surface area contributed by atoms with E-state index in [0.717, 1.165) is 6.54 Å². The standard InChI is InChI=1S/C11H17N3O2/c1-8(2)9(3)6-13-10-4-5-12-7-11(10)14(15)16/h4-5,7-9H,6H2,1-3H3,(H,12,13). The van der Waals surface area contributed by atoms with Crippen molar-refractivity contribution < 1.29 is 4.92 Å². The third kappa shape index (κ3) is 3.18. The molecule has 5 nitrogen and oxygen atoms in total. The normalized spacial score (nSPS) is 12.5. The molecule has 0 aliphatic rings. The number of aromatic nitrogens is 1. The quantitative estimate of drug-likeness (QED) is 0.615. The lowest BCUT2D eigenvalue weighted by Crippen LogP contribution is -2.16. The molecule has 1 aromatic rings. The van der Waals surface area contributed by atoms with E-state index in [1.807, 2.05) is 0 Å². The van der Waals surface area contributed by atoms with Crippen LogP contribution >= 0.6 is 0 Å². The van der Waals surface area contributed by atoms with Gasteiger partial charge in [-0.3, -0.25) is 15.1 Å². The minimum atomic E-state index is -0.421. The lowest BCUT2D eigenvalue weighted by atomic mass is 9.98. The first kappa shape index (κ1) is 12.4. The minimum absolute atomic E-state index is 0.0263. The number of hydrogen-bond donors (Lipinski definition) is 1. The van der Waals surface area contributed by atoms with Gasteiger partial charge in [0.25, 0.3) is 0 Å². The van der Waals surface area contributed by atoms with Gasteiger partial charge in [-0.05, 0) is 17.9 Å². The third-order valence-corrected chi connectivity index (χ3v) is 2.75. The molecule has 0 saturated heterocycles. The van der Waals surface area contributed by atoms with Gasteiger partial charge in [-0.15, -0.1) is 0 Å². The first-order valence-corrected chi connectivity index (χ1v) is 5.34. The molecular weight excluding hydrogens is 206 g/mol. The average molecular weight is 223 g/mol. The molecule has 1 rings (SSSR count). The molecule has 88 valence electrons. The SMILES string of the molecule is CC(C)C(C)CNc1ccncc1[N+](=O)[O-]. The molecule has 16 heavy (non-hydrogen) atoms. The number of anilines is 1. The van der Waals surface area contributed by atoms with Crippen LogP contribution in [0, 0.1) is 22.0 Å². The summed E-state index contributed by atoms with van der Waals surface area (Å²) in [7, 11) is 0. The second-order valence-electron chi connectivity index (χ2n) is 4.25. The van der Waals surface area contributed by atoms with Crippen molar-refractivity contribution >= 4 is 11.4 Å². The van der Waals surface area contributed by atoms with Crippen molar-refractivity contribution in [1.29, 1.82) is 0 Å². The van der Waals surface area contributed by atoms with E-state index in [9.17, 15) is 10.1 Å². The summed E-state index contributed by atoms with van der Waals surface area (Å²) in [6.07, 6.45) is 2.82. The zero-order chi connectivity index (χ0) is 12.1. The average Bonchev–Trinajstić information content (AvgIpc) is 2.25. The van der Waals surface area contributed by atoms with E-state index in [1.165, 1.54) is 6.20 Å². The summed E-state index contributed by atoms with van der Waals surface area (Å²) in [6.45, 7) is 7.10. The molecule has 0 saturated carbocycles. The van der Waals surface area contributed by atoms with Gasteiger partial charge in [-0.1, -0.05) is 20.8 Å². The highest BCUT2D eigenvalue weighted by molar-refractivity contribution is 5.59. The van der Waals surface area contributed by atoms with E-state index >= 15 is 0 Å². The highest BCUT2D eigenvalue weighted by atomic mass is 16.6. The summed E-state index contributed by atoms with van der Waals surface area (Å²) in [5.41, 5.74) is 0.561. The predicted octanol–water partition coefficient (Wildman–Crippen LogP) is 2.69. The Bertz CT molecular complexity index is 366. The number of pyridine rings is 1. The summed E-state index contributed by atoms with van der Waals surface area (Å²) < 4.78 is 0. The van der Waals surface area contributed by atoms with Crippen LogP contribution in [0.25, 0.3) is 0 Å². The minimum Gasteiger partial charge on any atom is -0.379 e. The second kappa shape index (κ2) is 5.44. The molecule has 1 N–H and O–H groups in total. The van der Waals surface area contributed by atoms with Gasteiger partial charge < -0.3 is 5.32 Å². The Balaban J connectivity index is 2.70. The molecule has 5 heteroatoms. The lowest BCUT2D eigenvalue weighted by molar-refractivity contribution is -0.384. The molecule has 1 atom stereocenters. The van der Waals surface area contributed by atoms with Crippen LogP contribution in [0.4, 0.5) is 11.4 Å². The Morgan fingerprint density at radius 3 is 2.75 bits per heavy atom. The highest BCUT2D eigenvalue weighted by Gasteiger charge is 2.14. The van der Waals surface area contributed by atoms with Crippen molar-refractivity contribution in [2.45, 2.75) is 20.8 Å². The van der Waals surface area contributed by atoms with Crippen LogP contribution in [0.5, 0.6) is 0 Å². The molecule has 1 unspecified atom stereocenters. The van der Waals surface area contributed by atoms with E-state index in [-0.39, 0.29) is 5.69 Å². The van der Waals surface area contributed by atoms with Gasteiger partial charge in [0.1, 0.15) is 11.9 Å². The van der Waals surface area contributed by atoms with Crippen molar-refractivity contribution in [3.8, 4) is 0 Å². The van der Waals surface area contributed by atoms with Crippen LogP contribution in [-0.4, -0.2) is 16.5 Å². The lowest BCUT2D eigenvalue weighted by Gasteiger charge is -2.16. The molecule has 0 aromatic carbocycles. The molecule has 0 fully saturated rings. The van der Waals surface area contributed by atoms with Crippen LogP contribution in [-0.2, 0) is 0 Å². The Morgan fingerprint density at radius 2 is 2.19 bits per heavy atom. The summed E-state index contributed by atoms with van der Waals surface area (Å²) in [4.78, 5) is 14.1. The smallest absolute Gasteiger partial charge is 0.310 e. The maximum Gasteiger partial charge on any atom is 0.310 e. The Kier molecular flexibility index (Phi) is 4.22. The molecule has 1 aromatic heterocycles. The summed E-state index contributed by atoms with van der Waals surface area (Å²) >= 11 is 0. The number of nitro groups is 1. The van der Waals surface area contributed by atoms with Crippen LogP contribution in [0.3, 0.4) is 0 Å². The van der Waals surface area contributed by atoms with Crippen molar-refractivity contribution in [3.05, 3.63) is 28.6 Å². The molecule has 0 bridgehead atoms. The topological polar surface area (TPSA) is 68.1 Å². The van der Waals surface area contributed by atoms with E-state index in [0.29, 0.717) is 17.5 Å². The summed E-state index contributed by atoms with van der Waals surface area (Å²) in [6, 6.07) is 1.63. The maximum atomic E-state index is 10.7. The second-order valence-corrected chi connectivity index (χ2v) is 4.25. The van der Waals surface area contributed by atoms with E-state index < -0.39 is 4.92 Å².